The van der Waals surface area contributed by atoms with Crippen molar-refractivity contribution in [3.8, 4) is 11.4 Å². The lowest BCUT2D eigenvalue weighted by Gasteiger charge is -2.30. The van der Waals surface area contributed by atoms with Crippen molar-refractivity contribution in [1.82, 2.24) is 20.1 Å². The van der Waals surface area contributed by atoms with E-state index in [1.54, 1.807) is 17.0 Å². The largest absolute Gasteiger partial charge is 0.481 e. The summed E-state index contributed by atoms with van der Waals surface area (Å²) in [6.45, 7) is 1.03. The Hall–Kier alpha value is -3.48. The molecule has 0 spiro atoms. The number of carboxylic acid groups (broad SMARTS) is 1. The number of carboxylic acids is 1. The van der Waals surface area contributed by atoms with Crippen LogP contribution in [0, 0.1) is 0 Å². The molecular formula is C20H18N4O3. The van der Waals surface area contributed by atoms with Gasteiger partial charge in [0.15, 0.2) is 5.82 Å². The van der Waals surface area contributed by atoms with E-state index in [9.17, 15) is 9.59 Å². The predicted octanol–water partition coefficient (Wildman–Crippen LogP) is 2.30. The molecule has 1 aromatic heterocycles. The molecule has 0 radical (unpaired) electrons. The van der Waals surface area contributed by atoms with E-state index in [1.165, 1.54) is 6.33 Å². The van der Waals surface area contributed by atoms with Crippen LogP contribution in [0.25, 0.3) is 11.4 Å². The minimum absolute atomic E-state index is 0.0355. The summed E-state index contributed by atoms with van der Waals surface area (Å²) in [5, 5.41) is 15.8. The van der Waals surface area contributed by atoms with Crippen LogP contribution in [-0.2, 0) is 24.2 Å². The van der Waals surface area contributed by atoms with Gasteiger partial charge in [0.25, 0.3) is 5.91 Å². The number of carbonyl (C=O) groups is 2. The monoisotopic (exact) mass is 362 g/mol. The maximum Gasteiger partial charge on any atom is 0.307 e. The summed E-state index contributed by atoms with van der Waals surface area (Å²) in [6.07, 6.45) is 2.11. The molecule has 2 aromatic carbocycles. The first-order valence-electron chi connectivity index (χ1n) is 8.68. The van der Waals surface area contributed by atoms with Crippen LogP contribution in [0.1, 0.15) is 27.0 Å². The normalized spacial score (nSPS) is 13.3. The second-order valence-corrected chi connectivity index (χ2v) is 6.52. The van der Waals surface area contributed by atoms with Crippen LogP contribution in [-0.4, -0.2) is 43.6 Å². The Morgan fingerprint density at radius 1 is 1.19 bits per heavy atom. The second kappa shape index (κ2) is 7.03. The number of rotatable bonds is 4. The molecular weight excluding hydrogens is 344 g/mol. The minimum Gasteiger partial charge on any atom is -0.481 e. The van der Waals surface area contributed by atoms with E-state index in [-0.39, 0.29) is 12.3 Å². The van der Waals surface area contributed by atoms with Crippen molar-refractivity contribution >= 4 is 11.9 Å². The lowest BCUT2D eigenvalue weighted by atomic mass is 9.93. The number of nitrogens with zero attached hydrogens (tertiary/aromatic N) is 3. The fraction of sp³-hybridized carbons (Fsp3) is 0.200. The molecule has 0 saturated carbocycles. The van der Waals surface area contributed by atoms with Gasteiger partial charge in [-0.1, -0.05) is 30.3 Å². The van der Waals surface area contributed by atoms with E-state index >= 15 is 0 Å². The first-order valence-corrected chi connectivity index (χ1v) is 8.68. The molecule has 27 heavy (non-hydrogen) atoms. The van der Waals surface area contributed by atoms with Crippen molar-refractivity contribution in [2.24, 2.45) is 0 Å². The van der Waals surface area contributed by atoms with Crippen molar-refractivity contribution in [3.63, 3.8) is 0 Å². The third kappa shape index (κ3) is 3.44. The smallest absolute Gasteiger partial charge is 0.307 e. The molecule has 7 heteroatoms. The van der Waals surface area contributed by atoms with E-state index in [0.29, 0.717) is 24.5 Å². The molecule has 1 amide bonds. The summed E-state index contributed by atoms with van der Waals surface area (Å²) in [7, 11) is 0. The second-order valence-electron chi connectivity index (χ2n) is 6.52. The van der Waals surface area contributed by atoms with Gasteiger partial charge >= 0.3 is 5.97 Å². The molecule has 136 valence electrons. The fourth-order valence-corrected chi connectivity index (χ4v) is 3.48. The van der Waals surface area contributed by atoms with Crippen molar-refractivity contribution in [3.05, 3.63) is 71.0 Å². The average Bonchev–Trinajstić information content (AvgIpc) is 3.22. The molecule has 0 fully saturated rings. The molecule has 1 aliphatic rings. The van der Waals surface area contributed by atoms with E-state index in [0.717, 1.165) is 28.7 Å². The average molecular weight is 362 g/mol. The SMILES string of the molecule is O=C(O)Cc1cccc2c1CN(C(=O)c1cccc(-c3ncn[nH]3)c1)CC2. The van der Waals surface area contributed by atoms with Gasteiger partial charge in [-0.25, -0.2) is 4.98 Å². The highest BCUT2D eigenvalue weighted by atomic mass is 16.4. The number of hydrogen-bond acceptors (Lipinski definition) is 4. The van der Waals surface area contributed by atoms with Crippen molar-refractivity contribution in [2.45, 2.75) is 19.4 Å². The van der Waals surface area contributed by atoms with Crippen LogP contribution in [0.3, 0.4) is 0 Å². The van der Waals surface area contributed by atoms with Crippen LogP contribution in [0.5, 0.6) is 0 Å². The lowest BCUT2D eigenvalue weighted by molar-refractivity contribution is -0.136. The van der Waals surface area contributed by atoms with Crippen molar-refractivity contribution < 1.29 is 14.7 Å². The van der Waals surface area contributed by atoms with Gasteiger partial charge < -0.3 is 10.0 Å². The number of fused-ring (bicyclic) bond motifs is 1. The van der Waals surface area contributed by atoms with Gasteiger partial charge in [-0.2, -0.15) is 5.10 Å². The predicted molar refractivity (Wildman–Crippen MR) is 98.0 cm³/mol. The summed E-state index contributed by atoms with van der Waals surface area (Å²) in [5.74, 6) is -0.337. The zero-order valence-corrected chi connectivity index (χ0v) is 14.6. The topological polar surface area (TPSA) is 99.2 Å². The first kappa shape index (κ1) is 17.0. The summed E-state index contributed by atoms with van der Waals surface area (Å²) in [6, 6.07) is 13.0. The van der Waals surface area contributed by atoms with Crippen molar-refractivity contribution in [2.75, 3.05) is 6.54 Å². The van der Waals surface area contributed by atoms with Gasteiger partial charge in [-0.15, -0.1) is 0 Å². The van der Waals surface area contributed by atoms with Crippen LogP contribution in [0.2, 0.25) is 0 Å². The van der Waals surface area contributed by atoms with E-state index in [2.05, 4.69) is 15.2 Å². The summed E-state index contributed by atoms with van der Waals surface area (Å²) >= 11 is 0. The highest BCUT2D eigenvalue weighted by Crippen LogP contribution is 2.25. The first-order chi connectivity index (χ1) is 13.1. The molecule has 4 rings (SSSR count). The maximum absolute atomic E-state index is 13.0. The Kier molecular flexibility index (Phi) is 4.42. The number of H-pyrrole nitrogens is 1. The number of carbonyl (C=O) groups excluding carboxylic acids is 1. The third-order valence-electron chi connectivity index (χ3n) is 4.80. The molecule has 3 aromatic rings. The van der Waals surface area contributed by atoms with Gasteiger partial charge in [0, 0.05) is 24.2 Å². The number of hydrogen-bond donors (Lipinski definition) is 2. The summed E-state index contributed by atoms with van der Waals surface area (Å²) in [5.41, 5.74) is 4.21. The number of benzene rings is 2. The number of aromatic nitrogens is 3. The quantitative estimate of drug-likeness (QED) is 0.742. The van der Waals surface area contributed by atoms with Crippen LogP contribution >= 0.6 is 0 Å². The Bertz CT molecular complexity index is 998. The Morgan fingerprint density at radius 2 is 2.04 bits per heavy atom. The number of aromatic amines is 1. The molecule has 0 bridgehead atoms. The molecule has 2 heterocycles. The number of aliphatic carboxylic acids is 1. The number of amides is 1. The van der Waals surface area contributed by atoms with Gasteiger partial charge in [-0.05, 0) is 35.2 Å². The van der Waals surface area contributed by atoms with E-state index < -0.39 is 5.97 Å². The molecule has 7 nitrogen and oxygen atoms in total. The zero-order chi connectivity index (χ0) is 18.8. The molecule has 0 atom stereocenters. The fourth-order valence-electron chi connectivity index (χ4n) is 3.48. The summed E-state index contributed by atoms with van der Waals surface area (Å²) in [4.78, 5) is 30.1. The van der Waals surface area contributed by atoms with E-state index in [4.69, 9.17) is 5.11 Å². The Balaban J connectivity index is 1.60. The van der Waals surface area contributed by atoms with Crippen LogP contribution in [0.15, 0.2) is 48.8 Å². The van der Waals surface area contributed by atoms with Gasteiger partial charge in [0.1, 0.15) is 6.33 Å². The van der Waals surface area contributed by atoms with Crippen LogP contribution in [0.4, 0.5) is 0 Å². The van der Waals surface area contributed by atoms with Gasteiger partial charge in [0.2, 0.25) is 0 Å². The molecule has 1 aliphatic heterocycles. The molecule has 0 saturated heterocycles. The van der Waals surface area contributed by atoms with Gasteiger partial charge in [0.05, 0.1) is 6.42 Å². The molecule has 0 unspecified atom stereocenters. The minimum atomic E-state index is -0.869. The zero-order valence-electron chi connectivity index (χ0n) is 14.6. The molecule has 2 N–H and O–H groups in total. The van der Waals surface area contributed by atoms with Gasteiger partial charge in [-0.3, -0.25) is 14.7 Å². The van der Waals surface area contributed by atoms with Crippen LogP contribution < -0.4 is 0 Å². The maximum atomic E-state index is 13.0. The lowest BCUT2D eigenvalue weighted by Crippen LogP contribution is -2.36. The van der Waals surface area contributed by atoms with Crippen molar-refractivity contribution in [1.29, 1.82) is 0 Å². The third-order valence-corrected chi connectivity index (χ3v) is 4.80. The Labute approximate surface area is 155 Å². The Morgan fingerprint density at radius 3 is 2.81 bits per heavy atom. The standard InChI is InChI=1S/C20H18N4O3/c25-18(26)10-14-4-1-3-13-7-8-24(11-17(13)14)20(27)16-6-2-5-15(9-16)19-21-12-22-23-19/h1-6,9,12H,7-8,10-11H2,(H,25,26)(H,21,22,23). The molecule has 0 aliphatic carbocycles. The number of nitrogens with one attached hydrogen (secondary N) is 1. The highest BCUT2D eigenvalue weighted by molar-refractivity contribution is 5.95. The summed E-state index contributed by atoms with van der Waals surface area (Å²) < 4.78 is 0. The highest BCUT2D eigenvalue weighted by Gasteiger charge is 2.24. The van der Waals surface area contributed by atoms with E-state index in [1.807, 2.05) is 30.3 Å².